The monoisotopic (exact) mass is 532 g/mol. The van der Waals surface area contributed by atoms with E-state index in [1.165, 1.54) is 11.1 Å². The Kier molecular flexibility index (Phi) is 8.94. The fourth-order valence-corrected chi connectivity index (χ4v) is 5.07. The highest BCUT2D eigenvalue weighted by atomic mass is 16.5. The molecule has 1 amide bonds. The fourth-order valence-electron chi connectivity index (χ4n) is 5.07. The van der Waals surface area contributed by atoms with Crippen molar-refractivity contribution in [3.63, 3.8) is 0 Å². The van der Waals surface area contributed by atoms with Crippen LogP contribution in [0.3, 0.4) is 0 Å². The lowest BCUT2D eigenvalue weighted by atomic mass is 9.88. The number of ether oxygens (including phenoxy) is 2. The van der Waals surface area contributed by atoms with Gasteiger partial charge >= 0.3 is 0 Å². The molecule has 0 saturated carbocycles. The third kappa shape index (κ3) is 6.80. The normalized spacial score (nSPS) is 11.8. The van der Waals surface area contributed by atoms with Gasteiger partial charge in [-0.25, -0.2) is 0 Å². The minimum atomic E-state index is -0.116. The number of amides is 1. The van der Waals surface area contributed by atoms with Gasteiger partial charge in [0.25, 0.3) is 0 Å². The topological polar surface area (TPSA) is 52.5 Å². The van der Waals surface area contributed by atoms with Crippen LogP contribution in [-0.2, 0) is 22.7 Å². The Balaban J connectivity index is 1.45. The first-order valence-electron chi connectivity index (χ1n) is 13.8. The summed E-state index contributed by atoms with van der Waals surface area (Å²) in [4.78, 5) is 13.1. The summed E-state index contributed by atoms with van der Waals surface area (Å²) in [6, 6.07) is 35.4. The average molecular weight is 533 g/mol. The van der Waals surface area contributed by atoms with Gasteiger partial charge in [0.1, 0.15) is 12.4 Å². The van der Waals surface area contributed by atoms with Crippen LogP contribution in [0.15, 0.2) is 109 Å². The van der Waals surface area contributed by atoms with E-state index in [1.807, 2.05) is 30.3 Å². The molecule has 4 aromatic carbocycles. The van der Waals surface area contributed by atoms with Crippen LogP contribution in [0.2, 0.25) is 0 Å². The number of methoxy groups -OCH3 is 1. The Morgan fingerprint density at radius 2 is 1.57 bits per heavy atom. The van der Waals surface area contributed by atoms with E-state index >= 15 is 0 Å². The van der Waals surface area contributed by atoms with Gasteiger partial charge in [0, 0.05) is 49.6 Å². The summed E-state index contributed by atoms with van der Waals surface area (Å²) < 4.78 is 13.5. The summed E-state index contributed by atoms with van der Waals surface area (Å²) in [5.41, 5.74) is 6.99. The van der Waals surface area contributed by atoms with Gasteiger partial charge in [-0.05, 0) is 47.4 Å². The number of rotatable bonds is 12. The van der Waals surface area contributed by atoms with Crippen molar-refractivity contribution >= 4 is 16.8 Å². The van der Waals surface area contributed by atoms with Crippen LogP contribution in [0.5, 0.6) is 5.75 Å². The predicted octanol–water partition coefficient (Wildman–Crippen LogP) is 6.86. The van der Waals surface area contributed by atoms with Crippen LogP contribution >= 0.6 is 0 Å². The van der Waals surface area contributed by atoms with Gasteiger partial charge in [-0.1, -0.05) is 90.5 Å². The van der Waals surface area contributed by atoms with Gasteiger partial charge in [0.2, 0.25) is 5.91 Å². The van der Waals surface area contributed by atoms with Crippen molar-refractivity contribution in [3.05, 3.63) is 137 Å². The van der Waals surface area contributed by atoms with Crippen LogP contribution in [0.1, 0.15) is 40.2 Å². The van der Waals surface area contributed by atoms with Crippen LogP contribution in [0, 0.1) is 6.92 Å². The van der Waals surface area contributed by atoms with E-state index in [0.717, 1.165) is 39.9 Å². The highest BCUT2D eigenvalue weighted by Gasteiger charge is 2.23. The molecule has 0 fully saturated rings. The lowest BCUT2D eigenvalue weighted by Crippen LogP contribution is -2.28. The summed E-state index contributed by atoms with van der Waals surface area (Å²) in [6.07, 6.45) is 2.56. The third-order valence-corrected chi connectivity index (χ3v) is 7.22. The number of fused-ring (bicyclic) bond motifs is 1. The maximum absolute atomic E-state index is 13.1. The molecular weight excluding hydrogens is 496 g/mol. The van der Waals surface area contributed by atoms with Gasteiger partial charge in [-0.15, -0.1) is 0 Å². The minimum absolute atomic E-state index is 0.00169. The Hall–Kier alpha value is -4.35. The molecule has 5 rings (SSSR count). The van der Waals surface area contributed by atoms with Gasteiger partial charge in [-0.3, -0.25) is 4.79 Å². The Morgan fingerprint density at radius 1 is 0.850 bits per heavy atom. The molecule has 5 nitrogen and oxygen atoms in total. The number of hydrogen-bond acceptors (Lipinski definition) is 3. The van der Waals surface area contributed by atoms with E-state index in [1.54, 1.807) is 7.11 Å². The SMILES string of the molecule is COCCNC(=O)C[C@H](c1ccc(OCc2ccccc2)cc1)c1cn(Cc2ccc(C)cc2)c2ccccc12. The number of aromatic nitrogens is 1. The van der Waals surface area contributed by atoms with Gasteiger partial charge in [0.15, 0.2) is 0 Å². The van der Waals surface area contributed by atoms with E-state index in [2.05, 4.69) is 95.8 Å². The molecule has 1 N–H and O–H groups in total. The number of para-hydroxylation sites is 1. The zero-order valence-corrected chi connectivity index (χ0v) is 23.2. The van der Waals surface area contributed by atoms with Crippen LogP contribution in [0.25, 0.3) is 10.9 Å². The highest BCUT2D eigenvalue weighted by molar-refractivity contribution is 5.86. The quantitative estimate of drug-likeness (QED) is 0.179. The first-order chi connectivity index (χ1) is 19.6. The maximum atomic E-state index is 13.1. The Bertz CT molecular complexity index is 1520. The molecule has 0 saturated heterocycles. The number of aryl methyl sites for hydroxylation is 1. The summed E-state index contributed by atoms with van der Waals surface area (Å²) in [5.74, 6) is 0.689. The molecule has 0 spiro atoms. The molecule has 0 aliphatic carbocycles. The first-order valence-corrected chi connectivity index (χ1v) is 13.8. The number of nitrogens with zero attached hydrogens (tertiary/aromatic N) is 1. The number of carbonyl (C=O) groups excluding carboxylic acids is 1. The number of nitrogens with one attached hydrogen (secondary N) is 1. The summed E-state index contributed by atoms with van der Waals surface area (Å²) in [5, 5.41) is 4.17. The predicted molar refractivity (Wildman–Crippen MR) is 161 cm³/mol. The Morgan fingerprint density at radius 3 is 2.33 bits per heavy atom. The molecule has 0 aliphatic heterocycles. The second-order valence-electron chi connectivity index (χ2n) is 10.2. The fraction of sp³-hybridized carbons (Fsp3) is 0.229. The molecule has 1 heterocycles. The van der Waals surface area contributed by atoms with Gasteiger partial charge in [0.05, 0.1) is 6.61 Å². The average Bonchev–Trinajstić information content (AvgIpc) is 3.35. The molecular formula is C35H36N2O3. The van der Waals surface area contributed by atoms with Crippen molar-refractivity contribution in [2.45, 2.75) is 32.4 Å². The number of benzene rings is 4. The first kappa shape index (κ1) is 27.2. The largest absolute Gasteiger partial charge is 0.489 e. The minimum Gasteiger partial charge on any atom is -0.489 e. The van der Waals surface area contributed by atoms with Crippen molar-refractivity contribution < 1.29 is 14.3 Å². The van der Waals surface area contributed by atoms with E-state index in [4.69, 9.17) is 9.47 Å². The lowest BCUT2D eigenvalue weighted by molar-refractivity contribution is -0.121. The van der Waals surface area contributed by atoms with Gasteiger partial charge in [-0.2, -0.15) is 0 Å². The number of carbonyl (C=O) groups is 1. The maximum Gasteiger partial charge on any atom is 0.221 e. The number of hydrogen-bond donors (Lipinski definition) is 1. The molecule has 0 aliphatic rings. The van der Waals surface area contributed by atoms with E-state index in [0.29, 0.717) is 26.2 Å². The summed E-state index contributed by atoms with van der Waals surface area (Å²) in [7, 11) is 1.64. The smallest absolute Gasteiger partial charge is 0.221 e. The second kappa shape index (κ2) is 13.1. The zero-order valence-electron chi connectivity index (χ0n) is 23.2. The van der Waals surface area contributed by atoms with E-state index < -0.39 is 0 Å². The zero-order chi connectivity index (χ0) is 27.7. The molecule has 0 radical (unpaired) electrons. The summed E-state index contributed by atoms with van der Waals surface area (Å²) in [6.45, 7) is 4.36. The molecule has 40 heavy (non-hydrogen) atoms. The van der Waals surface area contributed by atoms with Crippen molar-refractivity contribution in [2.75, 3.05) is 20.3 Å². The molecule has 1 atom stereocenters. The molecule has 5 heteroatoms. The molecule has 5 aromatic rings. The van der Waals surface area contributed by atoms with Crippen LogP contribution in [-0.4, -0.2) is 30.7 Å². The van der Waals surface area contributed by atoms with Crippen molar-refractivity contribution in [2.24, 2.45) is 0 Å². The van der Waals surface area contributed by atoms with Crippen LogP contribution < -0.4 is 10.1 Å². The standard InChI is InChI=1S/C35H36N2O3/c1-26-12-14-27(15-13-26)23-37-24-33(31-10-6-7-11-34(31)37)32(22-35(38)36-20-21-39-2)29-16-18-30(19-17-29)40-25-28-8-4-3-5-9-28/h3-19,24,32H,20-23,25H2,1-2H3,(H,36,38)/t32-/m1/s1. The molecule has 1 aromatic heterocycles. The van der Waals surface area contributed by atoms with Crippen LogP contribution in [0.4, 0.5) is 0 Å². The Labute approximate surface area is 236 Å². The summed E-state index contributed by atoms with van der Waals surface area (Å²) >= 11 is 0. The third-order valence-electron chi connectivity index (χ3n) is 7.22. The second-order valence-corrected chi connectivity index (χ2v) is 10.2. The van der Waals surface area contributed by atoms with Gasteiger partial charge < -0.3 is 19.4 Å². The lowest BCUT2D eigenvalue weighted by Gasteiger charge is -2.18. The van der Waals surface area contributed by atoms with E-state index in [9.17, 15) is 4.79 Å². The molecule has 204 valence electrons. The molecule has 0 bridgehead atoms. The van der Waals surface area contributed by atoms with Crippen molar-refractivity contribution in [1.29, 1.82) is 0 Å². The highest BCUT2D eigenvalue weighted by Crippen LogP contribution is 2.36. The van der Waals surface area contributed by atoms with Crippen molar-refractivity contribution in [3.8, 4) is 5.75 Å². The van der Waals surface area contributed by atoms with E-state index in [-0.39, 0.29) is 11.8 Å². The van der Waals surface area contributed by atoms with Crippen molar-refractivity contribution in [1.82, 2.24) is 9.88 Å². The molecule has 0 unspecified atom stereocenters.